The number of likely N-dealkylation sites (tertiary alicyclic amines) is 1. The van der Waals surface area contributed by atoms with Gasteiger partial charge < -0.3 is 10.6 Å². The van der Waals surface area contributed by atoms with Crippen molar-refractivity contribution in [1.82, 2.24) is 4.90 Å². The molecule has 0 aromatic heterocycles. The summed E-state index contributed by atoms with van der Waals surface area (Å²) in [7, 11) is 0. The molecule has 1 aromatic rings. The molecule has 1 amide bonds. The highest BCUT2D eigenvalue weighted by Crippen LogP contribution is 2.15. The van der Waals surface area contributed by atoms with Crippen LogP contribution in [0.3, 0.4) is 0 Å². The molecule has 18 heavy (non-hydrogen) atoms. The maximum absolute atomic E-state index is 12.2. The Morgan fingerprint density at radius 1 is 1.33 bits per heavy atom. The number of nitrogens with two attached hydrogens (primary N) is 1. The van der Waals surface area contributed by atoms with Gasteiger partial charge in [0.05, 0.1) is 6.42 Å². The summed E-state index contributed by atoms with van der Waals surface area (Å²) in [5, 5.41) is 0. The van der Waals surface area contributed by atoms with Crippen LogP contribution in [-0.2, 0) is 11.2 Å². The molecule has 2 rings (SSSR count). The standard InChI is InChI=1S/C15H22N2O/c1-11-3-4-12(2)13(9-11)10-15(18)17-7-5-14(16)6-8-17/h3-4,9,14H,5-8,10,16H2,1-2H3. The van der Waals surface area contributed by atoms with Crippen molar-refractivity contribution in [3.05, 3.63) is 34.9 Å². The molecule has 1 saturated heterocycles. The highest BCUT2D eigenvalue weighted by Gasteiger charge is 2.20. The molecule has 0 bridgehead atoms. The van der Waals surface area contributed by atoms with Crippen LogP contribution < -0.4 is 5.73 Å². The largest absolute Gasteiger partial charge is 0.342 e. The Kier molecular flexibility index (Phi) is 4.02. The minimum atomic E-state index is 0.232. The Balaban J connectivity index is 2.00. The van der Waals surface area contributed by atoms with E-state index >= 15 is 0 Å². The van der Waals surface area contributed by atoms with Gasteiger partial charge in [0.1, 0.15) is 0 Å². The fourth-order valence-electron chi connectivity index (χ4n) is 2.41. The summed E-state index contributed by atoms with van der Waals surface area (Å²) >= 11 is 0. The van der Waals surface area contributed by atoms with Crippen LogP contribution in [0.5, 0.6) is 0 Å². The Bertz CT molecular complexity index is 434. The number of piperidine rings is 1. The van der Waals surface area contributed by atoms with Crippen molar-refractivity contribution in [2.45, 2.75) is 39.2 Å². The van der Waals surface area contributed by atoms with Crippen LogP contribution in [0, 0.1) is 13.8 Å². The van der Waals surface area contributed by atoms with Crippen molar-refractivity contribution in [2.24, 2.45) is 5.73 Å². The van der Waals surface area contributed by atoms with Gasteiger partial charge in [0.15, 0.2) is 0 Å². The van der Waals surface area contributed by atoms with E-state index in [0.29, 0.717) is 6.42 Å². The Hall–Kier alpha value is -1.35. The molecule has 3 heteroatoms. The van der Waals surface area contributed by atoms with Crippen LogP contribution in [0.15, 0.2) is 18.2 Å². The predicted octanol–water partition coefficient (Wildman–Crippen LogP) is 1.80. The molecule has 0 saturated carbocycles. The molecule has 1 aromatic carbocycles. The molecule has 1 aliphatic rings. The molecular formula is C15H22N2O. The lowest BCUT2D eigenvalue weighted by molar-refractivity contribution is -0.131. The zero-order chi connectivity index (χ0) is 13.1. The second-order valence-electron chi connectivity index (χ2n) is 5.32. The first-order chi connectivity index (χ1) is 8.56. The molecule has 1 fully saturated rings. The van der Waals surface area contributed by atoms with Gasteiger partial charge in [0.25, 0.3) is 0 Å². The Morgan fingerprint density at radius 2 is 2.00 bits per heavy atom. The van der Waals surface area contributed by atoms with Crippen LogP contribution >= 0.6 is 0 Å². The smallest absolute Gasteiger partial charge is 0.227 e. The number of benzene rings is 1. The highest BCUT2D eigenvalue weighted by atomic mass is 16.2. The fourth-order valence-corrected chi connectivity index (χ4v) is 2.41. The fraction of sp³-hybridized carbons (Fsp3) is 0.533. The normalized spacial score (nSPS) is 16.9. The van der Waals surface area contributed by atoms with Crippen LogP contribution in [0.2, 0.25) is 0 Å². The summed E-state index contributed by atoms with van der Waals surface area (Å²) in [6.07, 6.45) is 2.37. The number of hydrogen-bond donors (Lipinski definition) is 1. The molecule has 0 aliphatic carbocycles. The SMILES string of the molecule is Cc1ccc(C)c(CC(=O)N2CCC(N)CC2)c1. The minimum absolute atomic E-state index is 0.232. The van der Waals surface area contributed by atoms with Crippen molar-refractivity contribution in [2.75, 3.05) is 13.1 Å². The lowest BCUT2D eigenvalue weighted by Gasteiger charge is -2.30. The number of aryl methyl sites for hydroxylation is 2. The van der Waals surface area contributed by atoms with E-state index in [4.69, 9.17) is 5.73 Å². The van der Waals surface area contributed by atoms with Gasteiger partial charge in [-0.3, -0.25) is 4.79 Å². The van der Waals surface area contributed by atoms with E-state index in [2.05, 4.69) is 32.0 Å². The van der Waals surface area contributed by atoms with Crippen molar-refractivity contribution < 1.29 is 4.79 Å². The Morgan fingerprint density at radius 3 is 2.67 bits per heavy atom. The van der Waals surface area contributed by atoms with Gasteiger partial charge in [0, 0.05) is 19.1 Å². The van der Waals surface area contributed by atoms with Gasteiger partial charge in [-0.05, 0) is 37.8 Å². The number of rotatable bonds is 2. The zero-order valence-corrected chi connectivity index (χ0v) is 11.3. The van der Waals surface area contributed by atoms with E-state index in [1.54, 1.807) is 0 Å². The molecule has 1 heterocycles. The van der Waals surface area contributed by atoms with E-state index in [1.165, 1.54) is 11.1 Å². The monoisotopic (exact) mass is 246 g/mol. The van der Waals surface area contributed by atoms with Gasteiger partial charge in [-0.25, -0.2) is 0 Å². The molecule has 1 aliphatic heterocycles. The first-order valence-electron chi connectivity index (χ1n) is 6.66. The molecule has 0 atom stereocenters. The molecule has 3 nitrogen and oxygen atoms in total. The average molecular weight is 246 g/mol. The molecule has 98 valence electrons. The van der Waals surface area contributed by atoms with Crippen molar-refractivity contribution in [3.8, 4) is 0 Å². The maximum Gasteiger partial charge on any atom is 0.227 e. The summed E-state index contributed by atoms with van der Waals surface area (Å²) in [4.78, 5) is 14.2. The summed E-state index contributed by atoms with van der Waals surface area (Å²) in [5.74, 6) is 0.232. The second kappa shape index (κ2) is 5.53. The Labute approximate surface area is 109 Å². The van der Waals surface area contributed by atoms with Crippen molar-refractivity contribution in [3.63, 3.8) is 0 Å². The van der Waals surface area contributed by atoms with Gasteiger partial charge >= 0.3 is 0 Å². The number of nitrogens with zero attached hydrogens (tertiary/aromatic N) is 1. The lowest BCUT2D eigenvalue weighted by Crippen LogP contribution is -2.43. The lowest BCUT2D eigenvalue weighted by atomic mass is 10.0. The minimum Gasteiger partial charge on any atom is -0.342 e. The summed E-state index contributed by atoms with van der Waals surface area (Å²) < 4.78 is 0. The van der Waals surface area contributed by atoms with Gasteiger partial charge in [0.2, 0.25) is 5.91 Å². The maximum atomic E-state index is 12.2. The van der Waals surface area contributed by atoms with Gasteiger partial charge in [-0.2, -0.15) is 0 Å². The third-order valence-corrected chi connectivity index (χ3v) is 3.74. The number of carbonyl (C=O) groups is 1. The molecule has 0 spiro atoms. The molecule has 2 N–H and O–H groups in total. The predicted molar refractivity (Wildman–Crippen MR) is 73.4 cm³/mol. The quantitative estimate of drug-likeness (QED) is 0.865. The molecular weight excluding hydrogens is 224 g/mol. The number of hydrogen-bond acceptors (Lipinski definition) is 2. The van der Waals surface area contributed by atoms with E-state index in [1.807, 2.05) is 4.90 Å². The second-order valence-corrected chi connectivity index (χ2v) is 5.32. The average Bonchev–Trinajstić information content (AvgIpc) is 2.34. The van der Waals surface area contributed by atoms with Crippen molar-refractivity contribution in [1.29, 1.82) is 0 Å². The summed E-state index contributed by atoms with van der Waals surface area (Å²) in [6, 6.07) is 6.56. The van der Waals surface area contributed by atoms with E-state index in [9.17, 15) is 4.79 Å². The highest BCUT2D eigenvalue weighted by molar-refractivity contribution is 5.79. The zero-order valence-electron chi connectivity index (χ0n) is 11.3. The number of amides is 1. The van der Waals surface area contributed by atoms with Gasteiger partial charge in [-0.1, -0.05) is 23.8 Å². The van der Waals surface area contributed by atoms with E-state index in [0.717, 1.165) is 31.5 Å². The topological polar surface area (TPSA) is 46.3 Å². The van der Waals surface area contributed by atoms with Crippen LogP contribution in [0.25, 0.3) is 0 Å². The van der Waals surface area contributed by atoms with Crippen molar-refractivity contribution >= 4 is 5.91 Å². The third kappa shape index (κ3) is 3.10. The first kappa shape index (κ1) is 13.1. The van der Waals surface area contributed by atoms with Crippen LogP contribution in [0.4, 0.5) is 0 Å². The first-order valence-corrected chi connectivity index (χ1v) is 6.66. The third-order valence-electron chi connectivity index (χ3n) is 3.74. The molecule has 0 radical (unpaired) electrons. The van der Waals surface area contributed by atoms with Crippen LogP contribution in [-0.4, -0.2) is 29.9 Å². The van der Waals surface area contributed by atoms with Crippen LogP contribution in [0.1, 0.15) is 29.5 Å². The molecule has 0 unspecified atom stereocenters. The number of carbonyl (C=O) groups excluding carboxylic acids is 1. The summed E-state index contributed by atoms with van der Waals surface area (Å²) in [5.41, 5.74) is 9.41. The van der Waals surface area contributed by atoms with E-state index in [-0.39, 0.29) is 11.9 Å². The van der Waals surface area contributed by atoms with Gasteiger partial charge in [-0.15, -0.1) is 0 Å². The van der Waals surface area contributed by atoms with E-state index < -0.39 is 0 Å². The summed E-state index contributed by atoms with van der Waals surface area (Å²) in [6.45, 7) is 5.75.